The lowest BCUT2D eigenvalue weighted by molar-refractivity contribution is -0.925. The van der Waals surface area contributed by atoms with E-state index in [1.165, 1.54) is 4.90 Å². The zero-order valence-electron chi connectivity index (χ0n) is 14.2. The first kappa shape index (κ1) is 17.2. The molecule has 0 radical (unpaired) electrons. The number of hydrogen-bond acceptors (Lipinski definition) is 4. The van der Waals surface area contributed by atoms with E-state index in [-0.39, 0.29) is 11.9 Å². The molecule has 2 aliphatic heterocycles. The molecular formula is C17H25N2O4S+. The van der Waals surface area contributed by atoms with Crippen molar-refractivity contribution >= 4 is 15.7 Å². The molecule has 24 heavy (non-hydrogen) atoms. The van der Waals surface area contributed by atoms with Gasteiger partial charge in [-0.25, -0.2) is 8.42 Å². The van der Waals surface area contributed by atoms with Crippen LogP contribution >= 0.6 is 0 Å². The lowest BCUT2D eigenvalue weighted by Gasteiger charge is -2.35. The molecular weight excluding hydrogens is 328 g/mol. The van der Waals surface area contributed by atoms with Gasteiger partial charge in [0.1, 0.15) is 17.5 Å². The Balaban J connectivity index is 1.65. The summed E-state index contributed by atoms with van der Waals surface area (Å²) in [4.78, 5) is 16.0. The van der Waals surface area contributed by atoms with Crippen LogP contribution in [0.2, 0.25) is 0 Å². The predicted octanol–water partition coefficient (Wildman–Crippen LogP) is -0.469. The number of ether oxygens (including phenoxy) is 1. The molecule has 0 bridgehead atoms. The van der Waals surface area contributed by atoms with Crippen LogP contribution in [0.15, 0.2) is 18.2 Å². The zero-order chi connectivity index (χ0) is 17.3. The first-order valence-corrected chi connectivity index (χ1v) is 10.2. The molecule has 1 aromatic rings. The molecule has 0 aromatic heterocycles. The zero-order valence-corrected chi connectivity index (χ0v) is 15.1. The first-order valence-electron chi connectivity index (χ1n) is 8.38. The number of piperazine rings is 1. The summed E-state index contributed by atoms with van der Waals surface area (Å²) in [6, 6.07) is 5.82. The van der Waals surface area contributed by atoms with Gasteiger partial charge in [0.25, 0.3) is 5.91 Å². The second-order valence-electron chi connectivity index (χ2n) is 6.75. The molecule has 1 amide bonds. The molecule has 2 fully saturated rings. The highest BCUT2D eigenvalue weighted by molar-refractivity contribution is 7.91. The summed E-state index contributed by atoms with van der Waals surface area (Å²) < 4.78 is 28.6. The van der Waals surface area contributed by atoms with E-state index in [2.05, 4.69) is 0 Å². The molecule has 1 aromatic carbocycles. The van der Waals surface area contributed by atoms with Crippen LogP contribution in [0.5, 0.6) is 5.75 Å². The van der Waals surface area contributed by atoms with E-state index in [0.717, 1.165) is 25.1 Å². The van der Waals surface area contributed by atoms with E-state index in [0.29, 0.717) is 35.9 Å². The molecule has 7 heteroatoms. The number of quaternary nitrogens is 1. The molecule has 0 aliphatic carbocycles. The number of carbonyl (C=O) groups excluding carboxylic acids is 1. The Morgan fingerprint density at radius 2 is 2.00 bits per heavy atom. The normalized spacial score (nSPS) is 24.1. The molecule has 0 unspecified atom stereocenters. The Kier molecular flexibility index (Phi) is 4.83. The van der Waals surface area contributed by atoms with E-state index in [1.54, 1.807) is 7.11 Å². The molecule has 1 atom stereocenters. The monoisotopic (exact) mass is 353 g/mol. The number of nitrogens with zero attached hydrogens (tertiary/aromatic N) is 1. The van der Waals surface area contributed by atoms with Gasteiger partial charge >= 0.3 is 0 Å². The van der Waals surface area contributed by atoms with Crippen LogP contribution in [0.1, 0.15) is 22.3 Å². The first-order chi connectivity index (χ1) is 11.4. The minimum Gasteiger partial charge on any atom is -0.496 e. The van der Waals surface area contributed by atoms with Gasteiger partial charge in [0, 0.05) is 6.42 Å². The van der Waals surface area contributed by atoms with E-state index < -0.39 is 9.84 Å². The number of aryl methyl sites for hydroxylation is 1. The molecule has 2 saturated heterocycles. The van der Waals surface area contributed by atoms with Gasteiger partial charge in [0.2, 0.25) is 0 Å². The Morgan fingerprint density at radius 1 is 1.29 bits per heavy atom. The number of rotatable bonds is 3. The molecule has 1 N–H and O–H groups in total. The van der Waals surface area contributed by atoms with E-state index >= 15 is 0 Å². The lowest BCUT2D eigenvalue weighted by Crippen LogP contribution is -3.18. The van der Waals surface area contributed by atoms with Gasteiger partial charge in [0.05, 0.1) is 44.6 Å². The standard InChI is InChI=1S/C17H24N2O4S/c1-13-3-4-16(23-2)15(11-13)17(20)19-8-6-18(7-9-19)14-5-10-24(21,22)12-14/h3-4,11,14H,5-10,12H2,1-2H3/p+1/t14-/m1/s1. The third-order valence-corrected chi connectivity index (χ3v) is 6.86. The Bertz CT molecular complexity index is 724. The van der Waals surface area contributed by atoms with Gasteiger partial charge in [0.15, 0.2) is 9.84 Å². The van der Waals surface area contributed by atoms with Gasteiger partial charge in [-0.2, -0.15) is 0 Å². The number of carbonyl (C=O) groups is 1. The third kappa shape index (κ3) is 3.57. The summed E-state index contributed by atoms with van der Waals surface area (Å²) in [7, 11) is -1.28. The van der Waals surface area contributed by atoms with Crippen molar-refractivity contribution in [3.05, 3.63) is 29.3 Å². The quantitative estimate of drug-likeness (QED) is 0.798. The van der Waals surface area contributed by atoms with Crippen LogP contribution in [0, 0.1) is 6.92 Å². The summed E-state index contributed by atoms with van der Waals surface area (Å²) in [6.45, 7) is 4.88. The summed E-state index contributed by atoms with van der Waals surface area (Å²) in [6.07, 6.45) is 0.747. The van der Waals surface area contributed by atoms with Gasteiger partial charge < -0.3 is 14.5 Å². The molecule has 0 spiro atoms. The van der Waals surface area contributed by atoms with Crippen molar-refractivity contribution in [1.82, 2.24) is 4.90 Å². The third-order valence-electron chi connectivity index (χ3n) is 5.09. The number of sulfone groups is 1. The fourth-order valence-corrected chi connectivity index (χ4v) is 5.51. The minimum atomic E-state index is -2.85. The molecule has 2 aliphatic rings. The van der Waals surface area contributed by atoms with Crippen LogP contribution in [-0.4, -0.2) is 70.1 Å². The smallest absolute Gasteiger partial charge is 0.258 e. The van der Waals surface area contributed by atoms with E-state index in [1.807, 2.05) is 30.0 Å². The summed E-state index contributed by atoms with van der Waals surface area (Å²) >= 11 is 0. The number of amides is 1. The van der Waals surface area contributed by atoms with E-state index in [9.17, 15) is 13.2 Å². The number of methoxy groups -OCH3 is 1. The average molecular weight is 353 g/mol. The van der Waals surface area contributed by atoms with Crippen molar-refractivity contribution < 1.29 is 22.8 Å². The van der Waals surface area contributed by atoms with Crippen LogP contribution in [0.3, 0.4) is 0 Å². The molecule has 3 rings (SSSR count). The topological polar surface area (TPSA) is 68.1 Å². The highest BCUT2D eigenvalue weighted by Crippen LogP contribution is 2.21. The van der Waals surface area contributed by atoms with Crippen molar-refractivity contribution in [3.63, 3.8) is 0 Å². The maximum absolute atomic E-state index is 12.8. The Hall–Kier alpha value is -1.60. The fraction of sp³-hybridized carbons (Fsp3) is 0.588. The summed E-state index contributed by atoms with van der Waals surface area (Å²) in [5, 5.41) is 0. The Labute approximate surface area is 143 Å². The summed E-state index contributed by atoms with van der Waals surface area (Å²) in [5.74, 6) is 1.20. The average Bonchev–Trinajstić information content (AvgIpc) is 2.94. The molecule has 0 saturated carbocycles. The maximum atomic E-state index is 12.8. The largest absolute Gasteiger partial charge is 0.496 e. The van der Waals surface area contributed by atoms with Gasteiger partial charge in [-0.3, -0.25) is 4.79 Å². The summed E-state index contributed by atoms with van der Waals surface area (Å²) in [5.41, 5.74) is 1.63. The Morgan fingerprint density at radius 3 is 2.58 bits per heavy atom. The van der Waals surface area contributed by atoms with Gasteiger partial charge in [-0.15, -0.1) is 0 Å². The van der Waals surface area contributed by atoms with Crippen molar-refractivity contribution in [2.45, 2.75) is 19.4 Å². The van der Waals surface area contributed by atoms with E-state index in [4.69, 9.17) is 4.74 Å². The predicted molar refractivity (Wildman–Crippen MR) is 91.4 cm³/mol. The van der Waals surface area contributed by atoms with Crippen molar-refractivity contribution in [1.29, 1.82) is 0 Å². The molecule has 132 valence electrons. The molecule has 2 heterocycles. The van der Waals surface area contributed by atoms with Gasteiger partial charge in [-0.05, 0) is 19.1 Å². The van der Waals surface area contributed by atoms with Gasteiger partial charge in [-0.1, -0.05) is 11.6 Å². The van der Waals surface area contributed by atoms with Crippen molar-refractivity contribution in [2.75, 3.05) is 44.8 Å². The highest BCUT2D eigenvalue weighted by atomic mass is 32.2. The number of benzene rings is 1. The molecule has 6 nitrogen and oxygen atoms in total. The second-order valence-corrected chi connectivity index (χ2v) is 8.98. The van der Waals surface area contributed by atoms with Crippen molar-refractivity contribution in [2.24, 2.45) is 0 Å². The van der Waals surface area contributed by atoms with Crippen LogP contribution in [0.25, 0.3) is 0 Å². The van der Waals surface area contributed by atoms with Crippen molar-refractivity contribution in [3.8, 4) is 5.75 Å². The lowest BCUT2D eigenvalue weighted by atomic mass is 10.1. The minimum absolute atomic E-state index is 0.00589. The highest BCUT2D eigenvalue weighted by Gasteiger charge is 2.37. The fourth-order valence-electron chi connectivity index (χ4n) is 3.68. The van der Waals surface area contributed by atoms with Crippen LogP contribution in [0.4, 0.5) is 0 Å². The maximum Gasteiger partial charge on any atom is 0.258 e. The second kappa shape index (κ2) is 6.72. The van der Waals surface area contributed by atoms with Crippen LogP contribution < -0.4 is 9.64 Å². The SMILES string of the molecule is COc1ccc(C)cc1C(=O)N1CC[NH+]([C@@H]2CCS(=O)(=O)C2)CC1. The number of hydrogen-bond donors (Lipinski definition) is 1. The van der Waals surface area contributed by atoms with Crippen LogP contribution in [-0.2, 0) is 9.84 Å². The number of nitrogens with one attached hydrogen (secondary N) is 1.